The number of rotatable bonds is 2. The first-order valence-electron chi connectivity index (χ1n) is 2.55. The molecule has 0 amide bonds. The summed E-state index contributed by atoms with van der Waals surface area (Å²) in [6.07, 6.45) is -7.70. The van der Waals surface area contributed by atoms with Gasteiger partial charge in [-0.15, -0.1) is 0 Å². The highest BCUT2D eigenvalue weighted by atomic mass is 19.4. The molecule has 11 heavy (non-hydrogen) atoms. The monoisotopic (exact) mass is 175 g/mol. The molecule has 1 unspecified atom stereocenters. The molecular weight excluding hydrogens is 169 g/mol. The van der Waals surface area contributed by atoms with Crippen LogP contribution in [0.15, 0.2) is 12.4 Å². The molecule has 0 fully saturated rings. The van der Waals surface area contributed by atoms with Gasteiger partial charge in [-0.1, -0.05) is 6.58 Å². The Kier molecular flexibility index (Phi) is 2.98. The molecule has 0 aromatic heterocycles. The first-order valence-corrected chi connectivity index (χ1v) is 2.55. The highest BCUT2D eigenvalue weighted by molar-refractivity contribution is 4.89. The Labute approximate surface area is 60.1 Å². The molecule has 1 atom stereocenters. The number of hydrogen-bond donors (Lipinski definition) is 0. The molecular formula is C5H6F5N. The maximum Gasteiger partial charge on any atom is 0.462 e. The number of halogens is 5. The fourth-order valence-corrected chi connectivity index (χ4v) is 0.339. The van der Waals surface area contributed by atoms with E-state index in [2.05, 4.69) is 6.58 Å². The van der Waals surface area contributed by atoms with E-state index >= 15 is 0 Å². The molecule has 0 saturated carbocycles. The predicted octanol–water partition coefficient (Wildman–Crippen LogP) is 2.22. The van der Waals surface area contributed by atoms with Crippen molar-refractivity contribution in [1.29, 1.82) is 0 Å². The highest BCUT2D eigenvalue weighted by Crippen LogP contribution is 2.25. The highest BCUT2D eigenvalue weighted by Gasteiger charge is 2.40. The van der Waals surface area contributed by atoms with Crippen molar-refractivity contribution in [2.75, 3.05) is 7.05 Å². The summed E-state index contributed by atoms with van der Waals surface area (Å²) in [5.74, 6) is -1.66. The molecule has 0 radical (unpaired) electrons. The van der Waals surface area contributed by atoms with Gasteiger partial charge in [0, 0.05) is 0 Å². The molecule has 0 heterocycles. The van der Waals surface area contributed by atoms with E-state index in [9.17, 15) is 22.0 Å². The van der Waals surface area contributed by atoms with Crippen LogP contribution in [0.3, 0.4) is 0 Å². The lowest BCUT2D eigenvalue weighted by Gasteiger charge is -2.21. The van der Waals surface area contributed by atoms with Crippen LogP contribution in [0.2, 0.25) is 0 Å². The summed E-state index contributed by atoms with van der Waals surface area (Å²) in [6, 6.07) is 0. The Bertz CT molecular complexity index is 151. The van der Waals surface area contributed by atoms with E-state index < -0.39 is 23.3 Å². The van der Waals surface area contributed by atoms with E-state index in [0.717, 1.165) is 0 Å². The van der Waals surface area contributed by atoms with E-state index in [1.165, 1.54) is 0 Å². The molecule has 66 valence electrons. The zero-order valence-corrected chi connectivity index (χ0v) is 5.62. The van der Waals surface area contributed by atoms with Crippen molar-refractivity contribution in [3.8, 4) is 0 Å². The number of hydrogen-bond acceptors (Lipinski definition) is 1. The van der Waals surface area contributed by atoms with Gasteiger partial charge in [0.2, 0.25) is 6.30 Å². The second kappa shape index (κ2) is 3.17. The van der Waals surface area contributed by atoms with Gasteiger partial charge in [-0.2, -0.15) is 18.1 Å². The van der Waals surface area contributed by atoms with Gasteiger partial charge in [-0.05, 0) is 7.05 Å². The van der Waals surface area contributed by atoms with Crippen LogP contribution >= 0.6 is 0 Å². The predicted molar refractivity (Wildman–Crippen MR) is 29.0 cm³/mol. The van der Waals surface area contributed by atoms with Crippen molar-refractivity contribution in [2.24, 2.45) is 0 Å². The van der Waals surface area contributed by atoms with Crippen molar-refractivity contribution in [3.05, 3.63) is 12.4 Å². The number of likely N-dealkylation sites (N-methyl/N-ethyl adjacent to an activating group) is 1. The molecule has 0 N–H and O–H groups in total. The number of alkyl halides is 4. The first-order chi connectivity index (χ1) is 4.76. The Balaban J connectivity index is 4.25. The third kappa shape index (κ3) is 2.83. The maximum atomic E-state index is 12.1. The molecule has 0 aromatic carbocycles. The van der Waals surface area contributed by atoms with Gasteiger partial charge in [0.15, 0.2) is 0 Å². The second-order valence-corrected chi connectivity index (χ2v) is 1.86. The third-order valence-electron chi connectivity index (χ3n) is 0.998. The average molecular weight is 175 g/mol. The topological polar surface area (TPSA) is 3.24 Å². The lowest BCUT2D eigenvalue weighted by molar-refractivity contribution is -0.260. The van der Waals surface area contributed by atoms with Crippen LogP contribution in [0.4, 0.5) is 22.0 Å². The zero-order chi connectivity index (χ0) is 9.23. The quantitative estimate of drug-likeness (QED) is 0.459. The first kappa shape index (κ1) is 10.3. The molecule has 0 bridgehead atoms. The summed E-state index contributed by atoms with van der Waals surface area (Å²) in [6.45, 7) is 2.41. The van der Waals surface area contributed by atoms with Crippen LogP contribution in [-0.2, 0) is 0 Å². The molecule has 0 aliphatic rings. The molecule has 0 spiro atoms. The van der Waals surface area contributed by atoms with Crippen molar-refractivity contribution in [1.82, 2.24) is 4.90 Å². The summed E-state index contributed by atoms with van der Waals surface area (Å²) in [5.41, 5.74) is 0. The van der Waals surface area contributed by atoms with Gasteiger partial charge in [0.1, 0.15) is 5.83 Å². The fraction of sp³-hybridized carbons (Fsp3) is 0.600. The summed E-state index contributed by atoms with van der Waals surface area (Å²) < 4.78 is 58.5. The second-order valence-electron chi connectivity index (χ2n) is 1.86. The van der Waals surface area contributed by atoms with Crippen LogP contribution in [0, 0.1) is 0 Å². The van der Waals surface area contributed by atoms with Crippen LogP contribution in [0.25, 0.3) is 0 Å². The summed E-state index contributed by atoms with van der Waals surface area (Å²) >= 11 is 0. The van der Waals surface area contributed by atoms with E-state index in [4.69, 9.17) is 0 Å². The van der Waals surface area contributed by atoms with Gasteiger partial charge in [-0.3, -0.25) is 0 Å². The van der Waals surface area contributed by atoms with Crippen LogP contribution < -0.4 is 0 Å². The Morgan fingerprint density at radius 1 is 1.45 bits per heavy atom. The minimum absolute atomic E-state index is 0.398. The zero-order valence-electron chi connectivity index (χ0n) is 5.62. The largest absolute Gasteiger partial charge is 0.462 e. The van der Waals surface area contributed by atoms with Crippen molar-refractivity contribution in [3.63, 3.8) is 0 Å². The minimum atomic E-state index is -4.88. The van der Waals surface area contributed by atoms with E-state index in [1.54, 1.807) is 0 Å². The molecule has 1 nitrogen and oxygen atoms in total. The summed E-state index contributed by atoms with van der Waals surface area (Å²) in [5, 5.41) is 0. The standard InChI is InChI=1S/C5H6F5N/c1-3(6)4(7)11(2)5(8,9)10/h4H,1H2,2H3. The van der Waals surface area contributed by atoms with Crippen molar-refractivity contribution >= 4 is 0 Å². The third-order valence-corrected chi connectivity index (χ3v) is 0.998. The molecule has 0 aliphatic carbocycles. The molecule has 6 heteroatoms. The van der Waals surface area contributed by atoms with Crippen LogP contribution in [-0.4, -0.2) is 24.5 Å². The lowest BCUT2D eigenvalue weighted by atomic mass is 10.5. The Morgan fingerprint density at radius 3 is 1.91 bits per heavy atom. The molecule has 0 aliphatic heterocycles. The Morgan fingerprint density at radius 2 is 1.82 bits per heavy atom. The Hall–Kier alpha value is -0.650. The average Bonchev–Trinajstić information content (AvgIpc) is 1.82. The smallest absolute Gasteiger partial charge is 0.222 e. The van der Waals surface area contributed by atoms with Crippen molar-refractivity contribution < 1.29 is 22.0 Å². The number of nitrogens with zero attached hydrogens (tertiary/aromatic N) is 1. The SMILES string of the molecule is C=C(F)C(F)N(C)C(F)(F)F. The minimum Gasteiger partial charge on any atom is -0.222 e. The van der Waals surface area contributed by atoms with E-state index in [1.807, 2.05) is 0 Å². The van der Waals surface area contributed by atoms with Crippen LogP contribution in [0.1, 0.15) is 0 Å². The van der Waals surface area contributed by atoms with Crippen molar-refractivity contribution in [2.45, 2.75) is 12.6 Å². The molecule has 0 rings (SSSR count). The van der Waals surface area contributed by atoms with Gasteiger partial charge >= 0.3 is 6.30 Å². The molecule has 0 saturated heterocycles. The van der Waals surface area contributed by atoms with Gasteiger partial charge < -0.3 is 0 Å². The molecule has 0 aromatic rings. The summed E-state index contributed by atoms with van der Waals surface area (Å²) in [7, 11) is 0.398. The van der Waals surface area contributed by atoms with Gasteiger partial charge in [-0.25, -0.2) is 8.78 Å². The van der Waals surface area contributed by atoms with E-state index in [-0.39, 0.29) is 0 Å². The van der Waals surface area contributed by atoms with Crippen LogP contribution in [0.5, 0.6) is 0 Å². The fourth-order valence-electron chi connectivity index (χ4n) is 0.339. The maximum absolute atomic E-state index is 12.1. The normalized spacial score (nSPS) is 15.2. The van der Waals surface area contributed by atoms with Gasteiger partial charge in [0.25, 0.3) is 0 Å². The van der Waals surface area contributed by atoms with Gasteiger partial charge in [0.05, 0.1) is 0 Å². The van der Waals surface area contributed by atoms with E-state index in [0.29, 0.717) is 7.05 Å². The summed E-state index contributed by atoms with van der Waals surface area (Å²) in [4.78, 5) is -0.713. The lowest BCUT2D eigenvalue weighted by Crippen LogP contribution is -2.40.